The summed E-state index contributed by atoms with van der Waals surface area (Å²) in [5, 5.41) is 5.90. The van der Waals surface area contributed by atoms with Gasteiger partial charge < -0.3 is 9.42 Å². The van der Waals surface area contributed by atoms with Crippen molar-refractivity contribution < 1.29 is 4.52 Å². The molecule has 0 atom stereocenters. The first-order chi connectivity index (χ1) is 13.8. The maximum absolute atomic E-state index is 6.06. The van der Waals surface area contributed by atoms with Crippen LogP contribution >= 0.6 is 24.0 Å². The van der Waals surface area contributed by atoms with E-state index in [1.807, 2.05) is 30.3 Å². The van der Waals surface area contributed by atoms with Crippen LogP contribution in [0.1, 0.15) is 24.7 Å². The Balaban J connectivity index is 0.00000205. The molecule has 1 aliphatic heterocycles. The molecule has 1 aromatic carbocycles. The van der Waals surface area contributed by atoms with Crippen LogP contribution in [0.3, 0.4) is 0 Å². The van der Waals surface area contributed by atoms with Crippen LogP contribution in [0.15, 0.2) is 59.4 Å². The minimum atomic E-state index is 0. The molecule has 1 fully saturated rings. The summed E-state index contributed by atoms with van der Waals surface area (Å²) in [5.41, 5.74) is 1.83. The van der Waals surface area contributed by atoms with Crippen LogP contribution in [0, 0.1) is 0 Å². The fraction of sp³-hybridized carbons (Fsp3) is 0.238. The molecule has 1 aliphatic rings. The first-order valence-electron chi connectivity index (χ1n) is 9.31. The van der Waals surface area contributed by atoms with Crippen LogP contribution in [0.2, 0.25) is 5.02 Å². The summed E-state index contributed by atoms with van der Waals surface area (Å²) in [6.07, 6.45) is 5.38. The second-order valence-electron chi connectivity index (χ2n) is 6.97. The highest BCUT2D eigenvalue weighted by Gasteiger charge is 2.26. The van der Waals surface area contributed by atoms with Gasteiger partial charge >= 0.3 is 0 Å². The highest BCUT2D eigenvalue weighted by atomic mass is 35.5. The number of hydrogen-bond donors (Lipinski definition) is 0. The number of aromatic nitrogens is 4. The van der Waals surface area contributed by atoms with Gasteiger partial charge in [0.25, 0.3) is 0 Å². The topological polar surface area (TPSA) is 67.9 Å². The number of benzene rings is 1. The van der Waals surface area contributed by atoms with Gasteiger partial charge in [-0.2, -0.15) is 4.98 Å². The Kier molecular flexibility index (Phi) is 5.65. The number of pyridine rings is 2. The van der Waals surface area contributed by atoms with Gasteiger partial charge in [-0.1, -0.05) is 16.8 Å². The summed E-state index contributed by atoms with van der Waals surface area (Å²) < 4.78 is 5.53. The Morgan fingerprint density at radius 1 is 1.03 bits per heavy atom. The van der Waals surface area contributed by atoms with E-state index in [1.165, 1.54) is 0 Å². The van der Waals surface area contributed by atoms with E-state index in [1.54, 1.807) is 12.4 Å². The summed E-state index contributed by atoms with van der Waals surface area (Å²) in [5.74, 6) is 2.57. The summed E-state index contributed by atoms with van der Waals surface area (Å²) in [6, 6.07) is 13.7. The molecular formula is C21H19Cl2N5O. The summed E-state index contributed by atoms with van der Waals surface area (Å²) in [4.78, 5) is 15.8. The molecule has 0 unspecified atom stereocenters. The van der Waals surface area contributed by atoms with E-state index in [0.29, 0.717) is 11.7 Å². The molecule has 8 heteroatoms. The molecule has 1 saturated heterocycles. The van der Waals surface area contributed by atoms with Crippen molar-refractivity contribution in [3.05, 3.63) is 65.8 Å². The van der Waals surface area contributed by atoms with Gasteiger partial charge in [-0.15, -0.1) is 12.4 Å². The summed E-state index contributed by atoms with van der Waals surface area (Å²) in [7, 11) is 0. The minimum Gasteiger partial charge on any atom is -0.357 e. The van der Waals surface area contributed by atoms with Crippen molar-refractivity contribution in [3.8, 4) is 11.4 Å². The van der Waals surface area contributed by atoms with Crippen LogP contribution in [-0.4, -0.2) is 33.2 Å². The fourth-order valence-electron chi connectivity index (χ4n) is 3.63. The molecule has 0 radical (unpaired) electrons. The maximum atomic E-state index is 6.06. The van der Waals surface area contributed by atoms with Crippen molar-refractivity contribution in [1.82, 2.24) is 20.1 Å². The Bertz CT molecular complexity index is 1110. The standard InChI is InChI=1S/C21H18ClN5O.ClH/c22-17-4-5-18-15(12-17)3-6-19(24-18)27-10-7-14(8-11-27)21-25-20(26-28-21)16-2-1-9-23-13-16;/h1-6,9,12-14H,7-8,10-11H2;1H. The zero-order chi connectivity index (χ0) is 18.9. The smallest absolute Gasteiger partial charge is 0.230 e. The fourth-order valence-corrected chi connectivity index (χ4v) is 3.81. The molecule has 148 valence electrons. The number of halogens is 2. The SMILES string of the molecule is Cl.Clc1ccc2nc(N3CCC(c4nc(-c5cccnc5)no4)CC3)ccc2c1. The van der Waals surface area contributed by atoms with Crippen molar-refractivity contribution in [1.29, 1.82) is 0 Å². The molecule has 0 saturated carbocycles. The zero-order valence-corrected chi connectivity index (χ0v) is 17.1. The molecule has 0 N–H and O–H groups in total. The molecule has 29 heavy (non-hydrogen) atoms. The van der Waals surface area contributed by atoms with Gasteiger partial charge in [0.2, 0.25) is 11.7 Å². The highest BCUT2D eigenvalue weighted by Crippen LogP contribution is 2.31. The van der Waals surface area contributed by atoms with Gasteiger partial charge in [-0.05, 0) is 55.3 Å². The largest absolute Gasteiger partial charge is 0.357 e. The Labute approximate surface area is 179 Å². The second kappa shape index (κ2) is 8.35. The molecule has 0 amide bonds. The lowest BCUT2D eigenvalue weighted by Gasteiger charge is -2.31. The quantitative estimate of drug-likeness (QED) is 0.450. The third-order valence-corrected chi connectivity index (χ3v) is 5.40. The molecular weight excluding hydrogens is 409 g/mol. The van der Waals surface area contributed by atoms with Crippen LogP contribution in [0.25, 0.3) is 22.3 Å². The van der Waals surface area contributed by atoms with Crippen molar-refractivity contribution in [2.24, 2.45) is 0 Å². The van der Waals surface area contributed by atoms with E-state index < -0.39 is 0 Å². The van der Waals surface area contributed by atoms with E-state index in [4.69, 9.17) is 21.1 Å². The highest BCUT2D eigenvalue weighted by molar-refractivity contribution is 6.31. The van der Waals surface area contributed by atoms with Crippen LogP contribution in [0.5, 0.6) is 0 Å². The van der Waals surface area contributed by atoms with Gasteiger partial charge in [0.15, 0.2) is 0 Å². The van der Waals surface area contributed by atoms with Gasteiger partial charge in [-0.3, -0.25) is 4.98 Å². The number of fused-ring (bicyclic) bond motifs is 1. The Morgan fingerprint density at radius 2 is 1.90 bits per heavy atom. The lowest BCUT2D eigenvalue weighted by atomic mass is 9.96. The molecule has 0 bridgehead atoms. The molecule has 3 aromatic heterocycles. The predicted octanol–water partition coefficient (Wildman–Crippen LogP) is 5.14. The molecule has 5 rings (SSSR count). The lowest BCUT2D eigenvalue weighted by Crippen LogP contribution is -2.33. The lowest BCUT2D eigenvalue weighted by molar-refractivity contribution is 0.329. The van der Waals surface area contributed by atoms with E-state index in [-0.39, 0.29) is 18.3 Å². The first-order valence-corrected chi connectivity index (χ1v) is 9.69. The first kappa shape index (κ1) is 19.6. The Morgan fingerprint density at radius 3 is 2.69 bits per heavy atom. The van der Waals surface area contributed by atoms with Gasteiger partial charge in [0.1, 0.15) is 5.82 Å². The van der Waals surface area contributed by atoms with Crippen LogP contribution in [-0.2, 0) is 0 Å². The van der Waals surface area contributed by atoms with Crippen molar-refractivity contribution in [2.75, 3.05) is 18.0 Å². The number of rotatable bonds is 3. The average molecular weight is 428 g/mol. The summed E-state index contributed by atoms with van der Waals surface area (Å²) in [6.45, 7) is 1.81. The van der Waals surface area contributed by atoms with Crippen molar-refractivity contribution in [2.45, 2.75) is 18.8 Å². The number of hydrogen-bond acceptors (Lipinski definition) is 6. The average Bonchev–Trinajstić information content (AvgIpc) is 3.24. The van der Waals surface area contributed by atoms with Crippen molar-refractivity contribution in [3.63, 3.8) is 0 Å². The van der Waals surface area contributed by atoms with E-state index >= 15 is 0 Å². The number of anilines is 1. The van der Waals surface area contributed by atoms with Crippen LogP contribution < -0.4 is 4.90 Å². The normalized spacial score (nSPS) is 14.7. The van der Waals surface area contributed by atoms with E-state index in [9.17, 15) is 0 Å². The third-order valence-electron chi connectivity index (χ3n) is 5.17. The minimum absolute atomic E-state index is 0. The predicted molar refractivity (Wildman–Crippen MR) is 116 cm³/mol. The second-order valence-corrected chi connectivity index (χ2v) is 7.40. The molecule has 0 aliphatic carbocycles. The number of nitrogens with zero attached hydrogens (tertiary/aromatic N) is 5. The third kappa shape index (κ3) is 4.04. The molecule has 6 nitrogen and oxygen atoms in total. The van der Waals surface area contributed by atoms with Gasteiger partial charge in [-0.25, -0.2) is 4.98 Å². The molecule has 0 spiro atoms. The van der Waals surface area contributed by atoms with E-state index in [0.717, 1.165) is 53.2 Å². The zero-order valence-electron chi connectivity index (χ0n) is 15.5. The van der Waals surface area contributed by atoms with Gasteiger partial charge in [0, 0.05) is 47.4 Å². The van der Waals surface area contributed by atoms with E-state index in [2.05, 4.69) is 32.2 Å². The van der Waals surface area contributed by atoms with Crippen molar-refractivity contribution >= 4 is 40.7 Å². The molecule has 4 aromatic rings. The maximum Gasteiger partial charge on any atom is 0.230 e. The molecule has 4 heterocycles. The monoisotopic (exact) mass is 427 g/mol. The number of piperidine rings is 1. The Hall–Kier alpha value is -2.70. The summed E-state index contributed by atoms with van der Waals surface area (Å²) >= 11 is 6.06. The van der Waals surface area contributed by atoms with Gasteiger partial charge in [0.05, 0.1) is 5.52 Å². The van der Waals surface area contributed by atoms with Crippen LogP contribution in [0.4, 0.5) is 5.82 Å².